The number of thiophene rings is 1. The van der Waals surface area contributed by atoms with Crippen molar-refractivity contribution in [1.29, 1.82) is 0 Å². The molecule has 4 heteroatoms. The Labute approximate surface area is 107 Å². The third-order valence-electron chi connectivity index (χ3n) is 2.33. The Hall–Kier alpha value is -0.840. The molecule has 1 N–H and O–H groups in total. The van der Waals surface area contributed by atoms with Crippen LogP contribution in [0, 0.1) is 0 Å². The first kappa shape index (κ1) is 11.6. The Kier molecular flexibility index (Phi) is 3.63. The predicted molar refractivity (Wildman–Crippen MR) is 69.1 cm³/mol. The molecule has 2 nitrogen and oxygen atoms in total. The van der Waals surface area contributed by atoms with Crippen LogP contribution in [0.4, 0.5) is 0 Å². The topological polar surface area (TPSA) is 29.5 Å². The lowest BCUT2D eigenvalue weighted by Crippen LogP contribution is -2.00. The highest BCUT2D eigenvalue weighted by Crippen LogP contribution is 2.36. The van der Waals surface area contributed by atoms with Gasteiger partial charge >= 0.3 is 0 Å². The van der Waals surface area contributed by atoms with Crippen molar-refractivity contribution in [3.05, 3.63) is 50.6 Å². The molecule has 84 valence electrons. The van der Waals surface area contributed by atoms with E-state index in [1.807, 2.05) is 35.7 Å². The normalized spacial score (nSPS) is 12.4. The molecule has 2 aromatic rings. The Morgan fingerprint density at radius 2 is 2.06 bits per heavy atom. The van der Waals surface area contributed by atoms with E-state index in [0.29, 0.717) is 5.75 Å². The van der Waals surface area contributed by atoms with Crippen LogP contribution >= 0.6 is 27.3 Å². The van der Waals surface area contributed by atoms with Crippen molar-refractivity contribution in [1.82, 2.24) is 0 Å². The lowest BCUT2D eigenvalue weighted by molar-refractivity contribution is 0.218. The average Bonchev–Trinajstić information content (AvgIpc) is 2.74. The van der Waals surface area contributed by atoms with E-state index < -0.39 is 6.10 Å². The van der Waals surface area contributed by atoms with Crippen molar-refractivity contribution >= 4 is 27.3 Å². The van der Waals surface area contributed by atoms with Crippen LogP contribution in [-0.4, -0.2) is 12.2 Å². The molecule has 0 saturated heterocycles. The second-order valence-electron chi connectivity index (χ2n) is 3.28. The fourth-order valence-corrected chi connectivity index (χ4v) is 3.13. The summed E-state index contributed by atoms with van der Waals surface area (Å²) in [6.45, 7) is 0. The summed E-state index contributed by atoms with van der Waals surface area (Å²) >= 11 is 4.94. The summed E-state index contributed by atoms with van der Waals surface area (Å²) in [5.41, 5.74) is 0.785. The highest BCUT2D eigenvalue weighted by molar-refractivity contribution is 9.10. The molecule has 2 rings (SSSR count). The molecule has 0 radical (unpaired) electrons. The van der Waals surface area contributed by atoms with Crippen LogP contribution in [0.3, 0.4) is 0 Å². The third-order valence-corrected chi connectivity index (χ3v) is 4.25. The van der Waals surface area contributed by atoms with Crippen LogP contribution in [0.15, 0.2) is 40.2 Å². The zero-order chi connectivity index (χ0) is 11.5. The number of hydrogen-bond donors (Lipinski definition) is 1. The quantitative estimate of drug-likeness (QED) is 0.938. The highest BCUT2D eigenvalue weighted by atomic mass is 79.9. The zero-order valence-electron chi connectivity index (χ0n) is 8.68. The summed E-state index contributed by atoms with van der Waals surface area (Å²) in [7, 11) is 1.61. The fourth-order valence-electron chi connectivity index (χ4n) is 1.53. The number of hydrogen-bond acceptors (Lipinski definition) is 3. The predicted octanol–water partition coefficient (Wildman–Crippen LogP) is 3.60. The molecule has 0 bridgehead atoms. The van der Waals surface area contributed by atoms with Gasteiger partial charge in [0.05, 0.1) is 12.0 Å². The van der Waals surface area contributed by atoms with Gasteiger partial charge in [-0.1, -0.05) is 18.2 Å². The Morgan fingerprint density at radius 3 is 2.69 bits per heavy atom. The Morgan fingerprint density at radius 1 is 1.31 bits per heavy atom. The average molecular weight is 299 g/mol. The molecule has 0 fully saturated rings. The van der Waals surface area contributed by atoms with Crippen molar-refractivity contribution in [3.8, 4) is 5.75 Å². The van der Waals surface area contributed by atoms with E-state index in [1.165, 1.54) is 11.3 Å². The number of rotatable bonds is 3. The molecule has 0 aliphatic heterocycles. The van der Waals surface area contributed by atoms with Crippen LogP contribution < -0.4 is 4.74 Å². The molecule has 0 aliphatic carbocycles. The molecule has 0 saturated carbocycles. The number of para-hydroxylation sites is 1. The van der Waals surface area contributed by atoms with E-state index in [0.717, 1.165) is 14.9 Å². The molecule has 0 amide bonds. The van der Waals surface area contributed by atoms with Crippen molar-refractivity contribution < 1.29 is 9.84 Å². The molecule has 1 aromatic heterocycles. The van der Waals surface area contributed by atoms with Gasteiger partial charge in [-0.3, -0.25) is 0 Å². The summed E-state index contributed by atoms with van der Waals surface area (Å²) < 4.78 is 6.16. The first-order valence-corrected chi connectivity index (χ1v) is 6.45. The standard InChI is InChI=1S/C12H11BrO2S/c1-15-10-5-3-2-4-8(10)11(14)12-9(13)6-7-16-12/h2-7,11,14H,1H3. The number of benzene rings is 1. The first-order chi connectivity index (χ1) is 7.74. The SMILES string of the molecule is COc1ccccc1C(O)c1sccc1Br. The van der Waals surface area contributed by atoms with Gasteiger partial charge in [0.15, 0.2) is 0 Å². The highest BCUT2D eigenvalue weighted by Gasteiger charge is 2.18. The van der Waals surface area contributed by atoms with Crippen LogP contribution in [0.2, 0.25) is 0 Å². The smallest absolute Gasteiger partial charge is 0.125 e. The van der Waals surface area contributed by atoms with Gasteiger partial charge in [-0.05, 0) is 33.4 Å². The summed E-state index contributed by atoms with van der Waals surface area (Å²) in [5, 5.41) is 12.2. The number of methoxy groups -OCH3 is 1. The van der Waals surface area contributed by atoms with Gasteiger partial charge in [0.2, 0.25) is 0 Å². The first-order valence-electron chi connectivity index (χ1n) is 4.78. The summed E-state index contributed by atoms with van der Waals surface area (Å²) in [6.07, 6.45) is -0.648. The van der Waals surface area contributed by atoms with Crippen LogP contribution in [0.1, 0.15) is 16.5 Å². The zero-order valence-corrected chi connectivity index (χ0v) is 11.1. The molecule has 1 aromatic carbocycles. The Bertz CT molecular complexity index is 481. The third kappa shape index (κ3) is 2.14. The molecule has 0 spiro atoms. The Balaban J connectivity index is 2.41. The minimum atomic E-state index is -0.648. The van der Waals surface area contributed by atoms with E-state index in [9.17, 15) is 5.11 Å². The monoisotopic (exact) mass is 298 g/mol. The minimum Gasteiger partial charge on any atom is -0.496 e. The van der Waals surface area contributed by atoms with Gasteiger partial charge in [-0.2, -0.15) is 0 Å². The molecule has 16 heavy (non-hydrogen) atoms. The number of halogens is 1. The lowest BCUT2D eigenvalue weighted by atomic mass is 10.1. The molecule has 1 atom stereocenters. The van der Waals surface area contributed by atoms with Gasteiger partial charge in [0, 0.05) is 10.0 Å². The van der Waals surface area contributed by atoms with Crippen molar-refractivity contribution in [2.75, 3.05) is 7.11 Å². The summed E-state index contributed by atoms with van der Waals surface area (Å²) in [4.78, 5) is 0.893. The van der Waals surface area contributed by atoms with Gasteiger partial charge < -0.3 is 9.84 Å². The van der Waals surface area contributed by atoms with Gasteiger partial charge in [-0.15, -0.1) is 11.3 Å². The van der Waals surface area contributed by atoms with E-state index in [1.54, 1.807) is 7.11 Å². The molecular formula is C12H11BrO2S. The van der Waals surface area contributed by atoms with E-state index in [-0.39, 0.29) is 0 Å². The second-order valence-corrected chi connectivity index (χ2v) is 5.08. The molecule has 1 heterocycles. The molecule has 0 aliphatic rings. The lowest BCUT2D eigenvalue weighted by Gasteiger charge is -2.13. The minimum absolute atomic E-state index is 0.648. The van der Waals surface area contributed by atoms with Crippen molar-refractivity contribution in [2.45, 2.75) is 6.10 Å². The van der Waals surface area contributed by atoms with Crippen LogP contribution in [0.5, 0.6) is 5.75 Å². The van der Waals surface area contributed by atoms with Crippen molar-refractivity contribution in [2.24, 2.45) is 0 Å². The van der Waals surface area contributed by atoms with Crippen LogP contribution in [-0.2, 0) is 0 Å². The fraction of sp³-hybridized carbons (Fsp3) is 0.167. The number of ether oxygens (including phenoxy) is 1. The number of aliphatic hydroxyl groups is 1. The maximum absolute atomic E-state index is 10.3. The summed E-state index contributed by atoms with van der Waals surface area (Å²) in [6, 6.07) is 9.43. The maximum atomic E-state index is 10.3. The largest absolute Gasteiger partial charge is 0.496 e. The van der Waals surface area contributed by atoms with Crippen LogP contribution in [0.25, 0.3) is 0 Å². The van der Waals surface area contributed by atoms with E-state index >= 15 is 0 Å². The molecule has 1 unspecified atom stereocenters. The second kappa shape index (κ2) is 4.99. The van der Waals surface area contributed by atoms with Crippen molar-refractivity contribution in [3.63, 3.8) is 0 Å². The number of aliphatic hydroxyl groups excluding tert-OH is 1. The van der Waals surface area contributed by atoms with E-state index in [4.69, 9.17) is 4.74 Å². The van der Waals surface area contributed by atoms with Gasteiger partial charge in [0.25, 0.3) is 0 Å². The van der Waals surface area contributed by atoms with Gasteiger partial charge in [0.1, 0.15) is 11.9 Å². The molecular weight excluding hydrogens is 288 g/mol. The van der Waals surface area contributed by atoms with Gasteiger partial charge in [-0.25, -0.2) is 0 Å². The van der Waals surface area contributed by atoms with E-state index in [2.05, 4.69) is 15.9 Å². The summed E-state index contributed by atoms with van der Waals surface area (Å²) in [5.74, 6) is 0.704. The maximum Gasteiger partial charge on any atom is 0.125 e.